The van der Waals surface area contributed by atoms with E-state index in [1.807, 2.05) is 0 Å². The number of carbonyl (C=O) groups is 2. The predicted octanol–water partition coefficient (Wildman–Crippen LogP) is 1.38. The Hall–Kier alpha value is -4.28. The van der Waals surface area contributed by atoms with Crippen LogP contribution in [0.15, 0.2) is 46.0 Å². The molecule has 2 aliphatic heterocycles. The number of nitrogens with zero attached hydrogens (tertiary/aromatic N) is 3. The lowest BCUT2D eigenvalue weighted by molar-refractivity contribution is 0.0570. The van der Waals surface area contributed by atoms with E-state index in [-0.39, 0.29) is 30.9 Å². The molecule has 1 fully saturated rings. The minimum Gasteiger partial charge on any atom is -0.454 e. The summed E-state index contributed by atoms with van der Waals surface area (Å²) in [6.45, 7) is 3.72. The van der Waals surface area contributed by atoms with Crippen molar-refractivity contribution >= 4 is 22.9 Å². The Bertz CT molecular complexity index is 1420. The summed E-state index contributed by atoms with van der Waals surface area (Å²) < 4.78 is 16.8. The van der Waals surface area contributed by atoms with E-state index in [4.69, 9.17) is 14.2 Å². The Labute approximate surface area is 199 Å². The number of amides is 2. The highest BCUT2D eigenvalue weighted by Crippen LogP contribution is 2.32. The molecular formula is C24H24N4O7. The molecule has 2 aromatic carbocycles. The summed E-state index contributed by atoms with van der Waals surface area (Å²) in [6.07, 6.45) is -0.389. The summed E-state index contributed by atoms with van der Waals surface area (Å²) in [4.78, 5) is 56.6. The van der Waals surface area contributed by atoms with Crippen LogP contribution in [0.5, 0.6) is 11.5 Å². The lowest BCUT2D eigenvalue weighted by Crippen LogP contribution is -2.50. The number of H-pyrrole nitrogens is 1. The fraction of sp³-hybridized carbons (Fsp3) is 0.333. The molecule has 0 atom stereocenters. The van der Waals surface area contributed by atoms with Crippen molar-refractivity contribution in [1.29, 1.82) is 0 Å². The van der Waals surface area contributed by atoms with Gasteiger partial charge in [-0.3, -0.25) is 14.2 Å². The highest BCUT2D eigenvalue weighted by Gasteiger charge is 2.26. The lowest BCUT2D eigenvalue weighted by atomic mass is 10.1. The first kappa shape index (κ1) is 22.5. The van der Waals surface area contributed by atoms with Crippen molar-refractivity contribution in [3.05, 3.63) is 68.4 Å². The van der Waals surface area contributed by atoms with Crippen LogP contribution < -0.4 is 20.7 Å². The number of aromatic nitrogens is 2. The van der Waals surface area contributed by atoms with Gasteiger partial charge < -0.3 is 29.0 Å². The van der Waals surface area contributed by atoms with Crippen LogP contribution in [0.2, 0.25) is 0 Å². The van der Waals surface area contributed by atoms with Gasteiger partial charge in [0.05, 0.1) is 24.1 Å². The molecule has 0 saturated carbocycles. The number of hydrogen-bond donors (Lipinski definition) is 1. The van der Waals surface area contributed by atoms with Gasteiger partial charge in [0.25, 0.3) is 11.5 Å². The molecule has 0 unspecified atom stereocenters. The number of piperazine rings is 1. The number of aromatic amines is 1. The molecule has 3 heterocycles. The van der Waals surface area contributed by atoms with Gasteiger partial charge in [0.1, 0.15) is 0 Å². The van der Waals surface area contributed by atoms with Crippen molar-refractivity contribution < 1.29 is 23.8 Å². The van der Waals surface area contributed by atoms with E-state index in [0.29, 0.717) is 55.2 Å². The second-order valence-corrected chi connectivity index (χ2v) is 8.25. The summed E-state index contributed by atoms with van der Waals surface area (Å²) in [5.41, 5.74) is 0.329. The number of benzene rings is 2. The highest BCUT2D eigenvalue weighted by atomic mass is 16.7. The maximum atomic E-state index is 13.1. The zero-order valence-electron chi connectivity index (χ0n) is 19.1. The third-order valence-electron chi connectivity index (χ3n) is 6.10. The molecule has 35 heavy (non-hydrogen) atoms. The van der Waals surface area contributed by atoms with Gasteiger partial charge in [0.15, 0.2) is 11.5 Å². The van der Waals surface area contributed by atoms with Gasteiger partial charge >= 0.3 is 11.8 Å². The van der Waals surface area contributed by atoms with Gasteiger partial charge in [-0.1, -0.05) is 6.07 Å². The Kier molecular flexibility index (Phi) is 5.89. The van der Waals surface area contributed by atoms with Crippen molar-refractivity contribution in [2.24, 2.45) is 0 Å². The van der Waals surface area contributed by atoms with E-state index >= 15 is 0 Å². The quantitative estimate of drug-likeness (QED) is 0.598. The second-order valence-electron chi connectivity index (χ2n) is 8.25. The smallest absolute Gasteiger partial charge is 0.409 e. The predicted molar refractivity (Wildman–Crippen MR) is 125 cm³/mol. The van der Waals surface area contributed by atoms with Gasteiger partial charge in [-0.15, -0.1) is 0 Å². The molecule has 11 heteroatoms. The largest absolute Gasteiger partial charge is 0.454 e. The summed E-state index contributed by atoms with van der Waals surface area (Å²) in [6, 6.07) is 9.89. The second kappa shape index (κ2) is 9.16. The van der Waals surface area contributed by atoms with Crippen molar-refractivity contribution in [1.82, 2.24) is 19.4 Å². The van der Waals surface area contributed by atoms with Gasteiger partial charge in [0.2, 0.25) is 6.79 Å². The Morgan fingerprint density at radius 2 is 1.71 bits per heavy atom. The van der Waals surface area contributed by atoms with E-state index in [9.17, 15) is 19.2 Å². The van der Waals surface area contributed by atoms with Crippen LogP contribution in [0.1, 0.15) is 22.8 Å². The van der Waals surface area contributed by atoms with Crippen LogP contribution in [0.4, 0.5) is 4.79 Å². The summed E-state index contributed by atoms with van der Waals surface area (Å²) in [7, 11) is 0. The van der Waals surface area contributed by atoms with Gasteiger partial charge in [-0.05, 0) is 42.8 Å². The third-order valence-corrected chi connectivity index (χ3v) is 6.10. The molecular weight excluding hydrogens is 456 g/mol. The van der Waals surface area contributed by atoms with Gasteiger partial charge in [-0.2, -0.15) is 0 Å². The number of fused-ring (bicyclic) bond motifs is 2. The third kappa shape index (κ3) is 4.32. The Morgan fingerprint density at radius 3 is 2.49 bits per heavy atom. The molecule has 2 amide bonds. The zero-order chi connectivity index (χ0) is 24.5. The van der Waals surface area contributed by atoms with E-state index in [1.165, 1.54) is 6.07 Å². The fourth-order valence-corrected chi connectivity index (χ4v) is 4.24. The van der Waals surface area contributed by atoms with Gasteiger partial charge in [-0.25, -0.2) is 9.59 Å². The highest BCUT2D eigenvalue weighted by molar-refractivity contribution is 5.97. The Balaban J connectivity index is 1.35. The first-order chi connectivity index (χ1) is 16.9. The minimum absolute atomic E-state index is 0.0617. The standard InChI is InChI=1S/C24H24N4O7/c1-2-33-24(32)27-9-7-26(8-10-27)21(29)16-4-5-17-18(12-16)25-23(31)28(22(17)30)13-15-3-6-19-20(11-15)35-14-34-19/h3-6,11-12H,2,7-10,13-14H2,1H3,(H,25,31). The molecule has 0 radical (unpaired) electrons. The normalized spacial score (nSPS) is 14.9. The van der Waals surface area contributed by atoms with Crippen molar-refractivity contribution in [2.75, 3.05) is 39.6 Å². The molecule has 5 rings (SSSR count). The van der Waals surface area contributed by atoms with Crippen LogP contribution in [-0.2, 0) is 11.3 Å². The van der Waals surface area contributed by atoms with Crippen LogP contribution in [0.25, 0.3) is 10.9 Å². The number of nitrogens with one attached hydrogen (secondary N) is 1. The molecule has 11 nitrogen and oxygen atoms in total. The van der Waals surface area contributed by atoms with Crippen LogP contribution in [0.3, 0.4) is 0 Å². The molecule has 1 aromatic heterocycles. The number of hydrogen-bond acceptors (Lipinski definition) is 7. The van der Waals surface area contributed by atoms with Gasteiger partial charge in [0, 0.05) is 31.7 Å². The van der Waals surface area contributed by atoms with E-state index < -0.39 is 11.2 Å². The first-order valence-electron chi connectivity index (χ1n) is 11.3. The Morgan fingerprint density at radius 1 is 0.971 bits per heavy atom. The molecule has 182 valence electrons. The molecule has 2 aliphatic rings. The monoisotopic (exact) mass is 480 g/mol. The van der Waals surface area contributed by atoms with Crippen LogP contribution in [-0.4, -0.2) is 70.9 Å². The van der Waals surface area contributed by atoms with Crippen molar-refractivity contribution in [3.8, 4) is 11.5 Å². The summed E-state index contributed by atoms with van der Waals surface area (Å²) in [5, 5.41) is 0.300. The minimum atomic E-state index is -0.576. The van der Waals surface area contributed by atoms with Crippen molar-refractivity contribution in [2.45, 2.75) is 13.5 Å². The topological polar surface area (TPSA) is 123 Å². The maximum Gasteiger partial charge on any atom is 0.409 e. The van der Waals surface area contributed by atoms with E-state index in [0.717, 1.165) is 10.1 Å². The molecule has 0 spiro atoms. The lowest BCUT2D eigenvalue weighted by Gasteiger charge is -2.34. The van der Waals surface area contributed by atoms with E-state index in [2.05, 4.69) is 4.98 Å². The average molecular weight is 480 g/mol. The number of ether oxygens (including phenoxy) is 3. The molecule has 3 aromatic rings. The SMILES string of the molecule is CCOC(=O)N1CCN(C(=O)c2ccc3c(=O)n(Cc4ccc5c(c4)OCO5)c(=O)[nH]c3c2)CC1. The number of rotatable bonds is 4. The molecule has 0 bridgehead atoms. The molecule has 1 saturated heterocycles. The zero-order valence-corrected chi connectivity index (χ0v) is 19.1. The van der Waals surface area contributed by atoms with Crippen LogP contribution in [0, 0.1) is 0 Å². The molecule has 0 aliphatic carbocycles. The first-order valence-corrected chi connectivity index (χ1v) is 11.3. The summed E-state index contributed by atoms with van der Waals surface area (Å²) >= 11 is 0. The van der Waals surface area contributed by atoms with E-state index in [1.54, 1.807) is 47.1 Å². The summed E-state index contributed by atoms with van der Waals surface area (Å²) in [5.74, 6) is 0.952. The fourth-order valence-electron chi connectivity index (χ4n) is 4.24. The number of carbonyl (C=O) groups excluding carboxylic acids is 2. The van der Waals surface area contributed by atoms with Crippen LogP contribution >= 0.6 is 0 Å². The van der Waals surface area contributed by atoms with Crippen molar-refractivity contribution in [3.63, 3.8) is 0 Å². The maximum absolute atomic E-state index is 13.1. The molecule has 1 N–H and O–H groups in total. The average Bonchev–Trinajstić information content (AvgIpc) is 3.34.